The van der Waals surface area contributed by atoms with Crippen LogP contribution in [-0.4, -0.2) is 12.9 Å². The zero-order valence-corrected chi connectivity index (χ0v) is 12.0. The Morgan fingerprint density at radius 3 is 2.63 bits per heavy atom. The summed E-state index contributed by atoms with van der Waals surface area (Å²) < 4.78 is 18.7. The van der Waals surface area contributed by atoms with E-state index in [1.165, 1.54) is 32.1 Å². The average Bonchev–Trinajstić information content (AvgIpc) is 2.42. The number of rotatable bonds is 8. The Bertz CT molecular complexity index is 415. The number of methoxy groups -OCH3 is 1. The zero-order valence-electron chi connectivity index (χ0n) is 12.0. The quantitative estimate of drug-likeness (QED) is 0.507. The number of ether oxygens (including phenoxy) is 1. The molecule has 0 aliphatic heterocycles. The Morgan fingerprint density at radius 2 is 2.05 bits per heavy atom. The Balaban J connectivity index is 2.61. The number of unbranched alkanes of at least 4 members (excludes halogenated alkanes) is 3. The van der Waals surface area contributed by atoms with Crippen molar-refractivity contribution >= 4 is 5.78 Å². The summed E-state index contributed by atoms with van der Waals surface area (Å²) in [6, 6.07) is 4.40. The van der Waals surface area contributed by atoms with Gasteiger partial charge in [-0.15, -0.1) is 0 Å². The van der Waals surface area contributed by atoms with Gasteiger partial charge in [0.25, 0.3) is 0 Å². The van der Waals surface area contributed by atoms with Gasteiger partial charge in [0.2, 0.25) is 0 Å². The van der Waals surface area contributed by atoms with E-state index in [1.807, 2.05) is 6.92 Å². The van der Waals surface area contributed by atoms with E-state index in [2.05, 4.69) is 6.92 Å². The van der Waals surface area contributed by atoms with Gasteiger partial charge in [0.15, 0.2) is 5.78 Å². The molecule has 0 saturated carbocycles. The third-order valence-corrected chi connectivity index (χ3v) is 3.38. The van der Waals surface area contributed by atoms with Crippen LogP contribution in [0.2, 0.25) is 0 Å². The normalized spacial score (nSPS) is 12.2. The zero-order chi connectivity index (χ0) is 14.3. The van der Waals surface area contributed by atoms with Gasteiger partial charge in [-0.05, 0) is 18.6 Å². The second-order valence-electron chi connectivity index (χ2n) is 4.96. The molecule has 0 aliphatic carbocycles. The summed E-state index contributed by atoms with van der Waals surface area (Å²) in [7, 11) is 1.48. The number of hydrogen-bond donors (Lipinski definition) is 0. The van der Waals surface area contributed by atoms with Crippen LogP contribution in [0.1, 0.15) is 56.3 Å². The highest BCUT2D eigenvalue weighted by molar-refractivity contribution is 5.97. The largest absolute Gasteiger partial charge is 0.497 e. The number of carbonyl (C=O) groups excluding carboxylic acids is 1. The maximum atomic E-state index is 13.8. The van der Waals surface area contributed by atoms with Crippen LogP contribution in [0.25, 0.3) is 0 Å². The predicted molar refractivity (Wildman–Crippen MR) is 75.2 cm³/mol. The van der Waals surface area contributed by atoms with Gasteiger partial charge >= 0.3 is 0 Å². The number of halogens is 1. The number of ketones is 1. The smallest absolute Gasteiger partial charge is 0.168 e. The lowest BCUT2D eigenvalue weighted by Gasteiger charge is -2.11. The van der Waals surface area contributed by atoms with Crippen molar-refractivity contribution in [3.05, 3.63) is 29.6 Å². The molecule has 0 heterocycles. The van der Waals surface area contributed by atoms with Crippen molar-refractivity contribution in [1.82, 2.24) is 0 Å². The van der Waals surface area contributed by atoms with Crippen molar-refractivity contribution in [3.8, 4) is 5.75 Å². The fourth-order valence-corrected chi connectivity index (χ4v) is 2.10. The Kier molecular flexibility index (Phi) is 6.54. The highest BCUT2D eigenvalue weighted by atomic mass is 19.1. The fourth-order valence-electron chi connectivity index (χ4n) is 2.10. The standard InChI is InChI=1S/C16H23FO2/c1-4-5-6-7-8-12(2)16(18)14-10-9-13(19-3)11-15(14)17/h9-12H,4-8H2,1-3H3. The van der Waals surface area contributed by atoms with Crippen molar-refractivity contribution in [2.24, 2.45) is 5.92 Å². The van der Waals surface area contributed by atoms with E-state index in [1.54, 1.807) is 6.07 Å². The van der Waals surface area contributed by atoms with Gasteiger partial charge in [-0.25, -0.2) is 4.39 Å². The van der Waals surface area contributed by atoms with E-state index < -0.39 is 5.82 Å². The maximum Gasteiger partial charge on any atom is 0.168 e. The molecule has 0 aliphatic rings. The van der Waals surface area contributed by atoms with Crippen LogP contribution < -0.4 is 4.74 Å². The third-order valence-electron chi connectivity index (χ3n) is 3.38. The van der Waals surface area contributed by atoms with E-state index in [4.69, 9.17) is 4.74 Å². The molecule has 1 unspecified atom stereocenters. The first-order valence-corrected chi connectivity index (χ1v) is 6.97. The molecular formula is C16H23FO2. The second-order valence-corrected chi connectivity index (χ2v) is 4.96. The lowest BCUT2D eigenvalue weighted by molar-refractivity contribution is 0.0918. The molecule has 1 rings (SSSR count). The van der Waals surface area contributed by atoms with Gasteiger partial charge in [0.05, 0.1) is 12.7 Å². The molecule has 1 atom stereocenters. The maximum absolute atomic E-state index is 13.8. The first kappa shape index (κ1) is 15.7. The highest BCUT2D eigenvalue weighted by Crippen LogP contribution is 2.21. The average molecular weight is 266 g/mol. The first-order valence-electron chi connectivity index (χ1n) is 6.97. The minimum atomic E-state index is -0.496. The first-order chi connectivity index (χ1) is 9.10. The molecule has 106 valence electrons. The molecule has 0 bridgehead atoms. The molecule has 1 aromatic rings. The van der Waals surface area contributed by atoms with Gasteiger partial charge in [-0.2, -0.15) is 0 Å². The second kappa shape index (κ2) is 7.93. The minimum absolute atomic E-state index is 0.114. The Morgan fingerprint density at radius 1 is 1.32 bits per heavy atom. The number of benzene rings is 1. The van der Waals surface area contributed by atoms with Crippen molar-refractivity contribution in [2.45, 2.75) is 46.0 Å². The Hall–Kier alpha value is -1.38. The van der Waals surface area contributed by atoms with E-state index in [0.717, 1.165) is 19.3 Å². The van der Waals surface area contributed by atoms with Crippen molar-refractivity contribution < 1.29 is 13.9 Å². The summed E-state index contributed by atoms with van der Waals surface area (Å²) >= 11 is 0. The monoisotopic (exact) mass is 266 g/mol. The van der Waals surface area contributed by atoms with Crippen molar-refractivity contribution in [1.29, 1.82) is 0 Å². The molecule has 19 heavy (non-hydrogen) atoms. The summed E-state index contributed by atoms with van der Waals surface area (Å²) in [5, 5.41) is 0. The lowest BCUT2D eigenvalue weighted by atomic mass is 9.93. The number of Topliss-reactive ketones (excluding diaryl/α,β-unsaturated/α-hetero) is 1. The summed E-state index contributed by atoms with van der Waals surface area (Å²) in [4.78, 5) is 12.1. The summed E-state index contributed by atoms with van der Waals surface area (Å²) in [5.41, 5.74) is 0.170. The van der Waals surface area contributed by atoms with Crippen LogP contribution in [0.5, 0.6) is 5.75 Å². The van der Waals surface area contributed by atoms with Gasteiger partial charge < -0.3 is 4.74 Å². The fraction of sp³-hybridized carbons (Fsp3) is 0.562. The molecule has 0 N–H and O–H groups in total. The summed E-state index contributed by atoms with van der Waals surface area (Å²) in [6.45, 7) is 4.03. The third kappa shape index (κ3) is 4.66. The van der Waals surface area contributed by atoms with Gasteiger partial charge in [-0.1, -0.05) is 39.5 Å². The van der Waals surface area contributed by atoms with Crippen LogP contribution in [0.15, 0.2) is 18.2 Å². The molecule has 0 fully saturated rings. The van der Waals surface area contributed by atoms with Crippen LogP contribution in [0.4, 0.5) is 4.39 Å². The SMILES string of the molecule is CCCCCCC(C)C(=O)c1ccc(OC)cc1F. The molecule has 0 radical (unpaired) electrons. The van der Waals surface area contributed by atoms with Crippen LogP contribution in [0, 0.1) is 11.7 Å². The molecule has 0 amide bonds. The molecule has 2 nitrogen and oxygen atoms in total. The van der Waals surface area contributed by atoms with Crippen molar-refractivity contribution in [3.63, 3.8) is 0 Å². The molecule has 3 heteroatoms. The van der Waals surface area contributed by atoms with Gasteiger partial charge in [0.1, 0.15) is 11.6 Å². The minimum Gasteiger partial charge on any atom is -0.497 e. The summed E-state index contributed by atoms with van der Waals surface area (Å²) in [6.07, 6.45) is 5.36. The molecular weight excluding hydrogens is 243 g/mol. The van der Waals surface area contributed by atoms with Crippen LogP contribution >= 0.6 is 0 Å². The number of hydrogen-bond acceptors (Lipinski definition) is 2. The summed E-state index contributed by atoms with van der Waals surface area (Å²) in [5.74, 6) is -0.300. The highest BCUT2D eigenvalue weighted by Gasteiger charge is 2.18. The van der Waals surface area contributed by atoms with E-state index in [9.17, 15) is 9.18 Å². The molecule has 1 aromatic carbocycles. The Labute approximate surface area is 115 Å². The lowest BCUT2D eigenvalue weighted by Crippen LogP contribution is -2.13. The topological polar surface area (TPSA) is 26.3 Å². The van der Waals surface area contributed by atoms with Crippen LogP contribution in [-0.2, 0) is 0 Å². The van der Waals surface area contributed by atoms with Gasteiger partial charge in [0, 0.05) is 12.0 Å². The van der Waals surface area contributed by atoms with Crippen LogP contribution in [0.3, 0.4) is 0 Å². The van der Waals surface area contributed by atoms with E-state index in [0.29, 0.717) is 5.75 Å². The van der Waals surface area contributed by atoms with Crippen molar-refractivity contribution in [2.75, 3.05) is 7.11 Å². The molecule has 0 saturated heterocycles. The molecule has 0 spiro atoms. The van der Waals surface area contributed by atoms with E-state index >= 15 is 0 Å². The number of carbonyl (C=O) groups is 1. The van der Waals surface area contributed by atoms with E-state index in [-0.39, 0.29) is 17.3 Å². The molecule has 0 aromatic heterocycles. The predicted octanol–water partition coefficient (Wildman–Crippen LogP) is 4.62. The van der Waals surface area contributed by atoms with Gasteiger partial charge in [-0.3, -0.25) is 4.79 Å².